The predicted octanol–water partition coefficient (Wildman–Crippen LogP) is 2.58. The van der Waals surface area contributed by atoms with Crippen LogP contribution in [0.1, 0.15) is 55.7 Å². The Hall–Kier alpha value is -3.64. The number of nitrogens with zero attached hydrogens (tertiary/aromatic N) is 5. The van der Waals surface area contributed by atoms with Crippen molar-refractivity contribution in [3.63, 3.8) is 0 Å². The van der Waals surface area contributed by atoms with Crippen LogP contribution in [0.5, 0.6) is 0 Å². The summed E-state index contributed by atoms with van der Waals surface area (Å²) in [4.78, 5) is 40.6. The highest BCUT2D eigenvalue weighted by atomic mass is 32.1. The fourth-order valence-electron chi connectivity index (χ4n) is 6.28. The average molecular weight is 594 g/mol. The van der Waals surface area contributed by atoms with Crippen LogP contribution in [-0.4, -0.2) is 91.3 Å². The van der Waals surface area contributed by atoms with E-state index in [-0.39, 0.29) is 23.6 Å². The van der Waals surface area contributed by atoms with Gasteiger partial charge in [0.05, 0.1) is 11.1 Å². The lowest BCUT2D eigenvalue weighted by molar-refractivity contribution is -0.126. The molecule has 42 heavy (non-hydrogen) atoms. The molecule has 0 aromatic carbocycles. The minimum absolute atomic E-state index is 0.0427. The van der Waals surface area contributed by atoms with Crippen molar-refractivity contribution in [2.45, 2.75) is 44.9 Å². The van der Waals surface area contributed by atoms with E-state index >= 15 is 0 Å². The molecule has 2 atom stereocenters. The molecule has 12 heteroatoms. The number of fused-ring (bicyclic) bond motifs is 1. The molecule has 3 aliphatic rings. The van der Waals surface area contributed by atoms with Crippen LogP contribution < -0.4 is 26.6 Å². The number of amides is 2. The molecule has 1 aliphatic carbocycles. The normalized spacial score (nSPS) is 22.9. The van der Waals surface area contributed by atoms with Gasteiger partial charge in [0.15, 0.2) is 5.84 Å². The van der Waals surface area contributed by atoms with Crippen LogP contribution in [0, 0.1) is 5.41 Å². The summed E-state index contributed by atoms with van der Waals surface area (Å²) in [6.07, 6.45) is 2.81. The number of rotatable bonds is 6. The summed E-state index contributed by atoms with van der Waals surface area (Å²) in [5.74, 6) is 0.690. The predicted molar refractivity (Wildman–Crippen MR) is 171 cm³/mol. The molecular weight excluding hydrogens is 550 g/mol. The Balaban J connectivity index is 1.41. The van der Waals surface area contributed by atoms with Crippen LogP contribution in [-0.2, 0) is 15.0 Å². The number of pyridine rings is 1. The number of amidine groups is 1. The van der Waals surface area contributed by atoms with Gasteiger partial charge in [-0.3, -0.25) is 15.0 Å². The van der Waals surface area contributed by atoms with Gasteiger partial charge in [0.25, 0.3) is 0 Å². The van der Waals surface area contributed by atoms with Gasteiger partial charge in [-0.2, -0.15) is 0 Å². The minimum atomic E-state index is -0.892. The Morgan fingerprint density at radius 1 is 1.14 bits per heavy atom. The smallest absolute Gasteiger partial charge is 0.246 e. The lowest BCUT2D eigenvalue weighted by Crippen LogP contribution is -2.49. The molecule has 0 bridgehead atoms. The third-order valence-corrected chi connectivity index (χ3v) is 10.4. The number of hydrogen-bond acceptors (Lipinski definition) is 10. The molecule has 0 saturated carbocycles. The van der Waals surface area contributed by atoms with Crippen molar-refractivity contribution >= 4 is 51.2 Å². The molecule has 2 amide bonds. The molecular formula is C30H43N9O2S. The second kappa shape index (κ2) is 11.9. The number of likely N-dealkylation sites (N-methyl/N-ethyl adjacent to an activating group) is 1. The second-order valence-corrected chi connectivity index (χ2v) is 12.8. The van der Waals surface area contributed by atoms with Gasteiger partial charge >= 0.3 is 0 Å². The van der Waals surface area contributed by atoms with Crippen molar-refractivity contribution in [3.8, 4) is 0 Å². The van der Waals surface area contributed by atoms with E-state index in [2.05, 4.69) is 46.5 Å². The minimum Gasteiger partial charge on any atom is -0.396 e. The Morgan fingerprint density at radius 3 is 2.45 bits per heavy atom. The number of hydrogen-bond donors (Lipinski definition) is 4. The van der Waals surface area contributed by atoms with E-state index in [1.54, 1.807) is 4.90 Å². The van der Waals surface area contributed by atoms with E-state index in [1.807, 2.05) is 13.0 Å². The highest BCUT2D eigenvalue weighted by Gasteiger charge is 2.44. The molecule has 6 N–H and O–H groups in total. The summed E-state index contributed by atoms with van der Waals surface area (Å²) in [5.41, 5.74) is 14.3. The number of thiophene rings is 1. The molecule has 226 valence electrons. The van der Waals surface area contributed by atoms with Crippen LogP contribution in [0.3, 0.4) is 0 Å². The van der Waals surface area contributed by atoms with E-state index in [0.717, 1.165) is 61.1 Å². The van der Waals surface area contributed by atoms with Crippen LogP contribution >= 0.6 is 11.3 Å². The molecule has 0 spiro atoms. The molecule has 11 nitrogen and oxygen atoms in total. The van der Waals surface area contributed by atoms with E-state index < -0.39 is 5.41 Å². The quantitative estimate of drug-likeness (QED) is 0.227. The summed E-state index contributed by atoms with van der Waals surface area (Å²) >= 11 is 1.46. The summed E-state index contributed by atoms with van der Waals surface area (Å²) < 4.78 is 0. The van der Waals surface area contributed by atoms with Gasteiger partial charge in [-0.15, -0.1) is 11.3 Å². The maximum Gasteiger partial charge on any atom is 0.246 e. The summed E-state index contributed by atoms with van der Waals surface area (Å²) in [7, 11) is 0. The maximum atomic E-state index is 13.9. The summed E-state index contributed by atoms with van der Waals surface area (Å²) in [6.45, 7) is 16.9. The summed E-state index contributed by atoms with van der Waals surface area (Å²) in [5, 5.41) is 12.4. The van der Waals surface area contributed by atoms with E-state index in [1.165, 1.54) is 17.4 Å². The molecule has 0 radical (unpaired) electrons. The first-order chi connectivity index (χ1) is 20.0. The monoisotopic (exact) mass is 593 g/mol. The second-order valence-electron chi connectivity index (χ2n) is 11.7. The third kappa shape index (κ3) is 5.57. The van der Waals surface area contributed by atoms with Crippen molar-refractivity contribution in [2.75, 3.05) is 80.2 Å². The van der Waals surface area contributed by atoms with Gasteiger partial charge in [-0.25, -0.2) is 4.98 Å². The van der Waals surface area contributed by atoms with Gasteiger partial charge in [0.2, 0.25) is 11.8 Å². The lowest BCUT2D eigenvalue weighted by atomic mass is 9.70. The van der Waals surface area contributed by atoms with Crippen LogP contribution in [0.2, 0.25) is 0 Å². The van der Waals surface area contributed by atoms with Crippen molar-refractivity contribution in [2.24, 2.45) is 0 Å². The van der Waals surface area contributed by atoms with Gasteiger partial charge in [-0.1, -0.05) is 20.4 Å². The van der Waals surface area contributed by atoms with Gasteiger partial charge in [-0.05, 0) is 44.4 Å². The van der Waals surface area contributed by atoms with E-state index in [9.17, 15) is 9.59 Å². The zero-order valence-electron chi connectivity index (χ0n) is 24.9. The first-order valence-electron chi connectivity index (χ1n) is 14.8. The number of nitrogens with two attached hydrogens (primary N) is 2. The van der Waals surface area contributed by atoms with Crippen LogP contribution in [0.25, 0.3) is 0 Å². The van der Waals surface area contributed by atoms with Crippen LogP contribution in [0.15, 0.2) is 24.8 Å². The number of aromatic nitrogens is 1. The Morgan fingerprint density at radius 2 is 1.81 bits per heavy atom. The number of piperazine rings is 2. The molecule has 2 unspecified atom stereocenters. The molecule has 2 saturated heterocycles. The zero-order valence-corrected chi connectivity index (χ0v) is 25.7. The molecule has 2 aromatic rings. The first kappa shape index (κ1) is 29.8. The Bertz CT molecular complexity index is 1370. The number of anilines is 4. The van der Waals surface area contributed by atoms with Gasteiger partial charge in [0, 0.05) is 74.6 Å². The molecule has 2 fully saturated rings. The number of nitrogens with one attached hydrogen (secondary N) is 2. The van der Waals surface area contributed by atoms with Crippen molar-refractivity contribution in [1.29, 1.82) is 5.41 Å². The number of carbonyl (C=O) groups is 2. The number of carbonyl (C=O) groups excluding carboxylic acids is 2. The van der Waals surface area contributed by atoms with Crippen molar-refractivity contribution < 1.29 is 9.59 Å². The molecule has 2 aliphatic heterocycles. The molecule has 2 aromatic heterocycles. The van der Waals surface area contributed by atoms with E-state index in [4.69, 9.17) is 21.9 Å². The highest BCUT2D eigenvalue weighted by Crippen LogP contribution is 2.51. The Labute approximate surface area is 252 Å². The van der Waals surface area contributed by atoms with Gasteiger partial charge in [0.1, 0.15) is 16.5 Å². The van der Waals surface area contributed by atoms with Gasteiger partial charge < -0.3 is 36.4 Å². The third-order valence-electron chi connectivity index (χ3n) is 9.14. The number of nitrogen functional groups attached to an aromatic ring is 2. The zero-order chi connectivity index (χ0) is 30.2. The topological polar surface area (TPSA) is 148 Å². The first-order valence-corrected chi connectivity index (χ1v) is 15.6. The summed E-state index contributed by atoms with van der Waals surface area (Å²) in [6, 6.07) is 3.93. The molecule has 4 heterocycles. The van der Waals surface area contributed by atoms with E-state index in [0.29, 0.717) is 49.0 Å². The van der Waals surface area contributed by atoms with Crippen LogP contribution in [0.4, 0.5) is 22.2 Å². The highest BCUT2D eigenvalue weighted by molar-refractivity contribution is 7.17. The lowest BCUT2D eigenvalue weighted by Gasteiger charge is -2.38. The SMILES string of the molecule is C=CC(=O)N1CCN(c2cc(C(=N)NC(=O)C3(C)CCC(C)c4sc(N)c(N)c43)nc(N3CCN(CC)CC3)c2)CC1. The van der Waals surface area contributed by atoms with Crippen molar-refractivity contribution in [3.05, 3.63) is 40.9 Å². The Kier molecular flexibility index (Phi) is 8.47. The van der Waals surface area contributed by atoms with Crippen molar-refractivity contribution in [1.82, 2.24) is 20.1 Å². The largest absolute Gasteiger partial charge is 0.396 e. The maximum absolute atomic E-state index is 13.9. The fourth-order valence-corrected chi connectivity index (χ4v) is 7.49. The standard InChI is InChI=1S/C30H43N9O2S/c1-5-23(40)39-15-13-37(14-16-39)20-17-21(34-22(18-20)38-11-9-36(6-2)10-12-38)27(32)35-29(41)30(4)8-7-19(3)26-24(30)25(31)28(33)42-26/h5,17-19H,1,6-16,31,33H2,2-4H3,(H2,32,35,41). The molecule has 5 rings (SSSR count). The average Bonchev–Trinajstić information content (AvgIpc) is 3.33. The fraction of sp³-hybridized carbons (Fsp3) is 0.533.